The van der Waals surface area contributed by atoms with Gasteiger partial charge in [-0.3, -0.25) is 0 Å². The topological polar surface area (TPSA) is 37.9 Å². The van der Waals surface area contributed by atoms with Gasteiger partial charge in [0.05, 0.1) is 19.1 Å². The van der Waals surface area contributed by atoms with Gasteiger partial charge in [0.2, 0.25) is 0 Å². The molecule has 17 heavy (non-hydrogen) atoms. The molecule has 1 heterocycles. The Morgan fingerprint density at radius 2 is 1.88 bits per heavy atom. The van der Waals surface area contributed by atoms with Crippen LogP contribution in [0.2, 0.25) is 10.0 Å². The van der Waals surface area contributed by atoms with Crippen LogP contribution in [0.1, 0.15) is 0 Å². The Balaban J connectivity index is 2.68. The molecule has 0 spiro atoms. The van der Waals surface area contributed by atoms with Crippen LogP contribution in [0.15, 0.2) is 24.5 Å². The second kappa shape index (κ2) is 5.04. The number of rotatable bonds is 2. The summed E-state index contributed by atoms with van der Waals surface area (Å²) in [6.07, 6.45) is 1.51. The van der Waals surface area contributed by atoms with Crippen molar-refractivity contribution in [3.05, 3.63) is 39.2 Å². The number of aromatic amines is 1. The molecule has 0 fully saturated rings. The number of benzene rings is 1. The molecule has 0 saturated heterocycles. The Labute approximate surface area is 113 Å². The lowest BCUT2D eigenvalue weighted by molar-refractivity contribution is 0.411. The number of ether oxygens (including phenoxy) is 1. The Morgan fingerprint density at radius 3 is 2.47 bits per heavy atom. The average molecular weight is 287 g/mol. The number of H-pyrrole nitrogens is 1. The van der Waals surface area contributed by atoms with Gasteiger partial charge in [-0.1, -0.05) is 35.4 Å². The maximum absolute atomic E-state index is 5.95. The van der Waals surface area contributed by atoms with Gasteiger partial charge in [-0.05, 0) is 18.2 Å². The number of nitrogens with zero attached hydrogens (tertiary/aromatic N) is 1. The quantitative estimate of drug-likeness (QED) is 0.844. The zero-order chi connectivity index (χ0) is 12.4. The maximum Gasteiger partial charge on any atom is 0.179 e. The minimum Gasteiger partial charge on any atom is -0.491 e. The Morgan fingerprint density at radius 1 is 1.24 bits per heavy atom. The van der Waals surface area contributed by atoms with Gasteiger partial charge in [-0.2, -0.15) is 0 Å². The van der Waals surface area contributed by atoms with Crippen LogP contribution in [0.4, 0.5) is 0 Å². The van der Waals surface area contributed by atoms with E-state index in [1.807, 2.05) is 0 Å². The van der Waals surface area contributed by atoms with Gasteiger partial charge < -0.3 is 9.72 Å². The first kappa shape index (κ1) is 12.4. The molecule has 2 aromatic rings. The molecule has 6 heteroatoms. The predicted molar refractivity (Wildman–Crippen MR) is 71.4 cm³/mol. The zero-order valence-corrected chi connectivity index (χ0v) is 11.2. The third-order valence-corrected chi connectivity index (χ3v) is 2.89. The van der Waals surface area contributed by atoms with Crippen LogP contribution in [-0.2, 0) is 0 Å². The van der Waals surface area contributed by atoms with Gasteiger partial charge in [-0.25, -0.2) is 4.98 Å². The third-order valence-electron chi connectivity index (χ3n) is 2.17. The molecule has 0 saturated carbocycles. The summed E-state index contributed by atoms with van der Waals surface area (Å²) in [5.74, 6) is 0.501. The molecule has 0 unspecified atom stereocenters. The van der Waals surface area contributed by atoms with Crippen LogP contribution in [0.5, 0.6) is 5.75 Å². The summed E-state index contributed by atoms with van der Waals surface area (Å²) in [4.78, 5) is 6.93. The van der Waals surface area contributed by atoms with Crippen molar-refractivity contribution in [1.82, 2.24) is 9.97 Å². The molecule has 0 radical (unpaired) electrons. The first-order valence-corrected chi connectivity index (χ1v) is 5.86. The fourth-order valence-corrected chi connectivity index (χ4v) is 2.25. The minimum atomic E-state index is 0.386. The highest BCUT2D eigenvalue weighted by molar-refractivity contribution is 7.71. The summed E-state index contributed by atoms with van der Waals surface area (Å²) in [7, 11) is 1.54. The summed E-state index contributed by atoms with van der Waals surface area (Å²) in [5, 5.41) is 1.09. The van der Waals surface area contributed by atoms with Gasteiger partial charge in [0.15, 0.2) is 10.4 Å². The SMILES string of the molecule is COc1c(-c2cc(Cl)cc(Cl)c2)[nH]cnc1=S. The number of methoxy groups -OCH3 is 1. The largest absolute Gasteiger partial charge is 0.491 e. The fourth-order valence-electron chi connectivity index (χ4n) is 1.49. The lowest BCUT2D eigenvalue weighted by Crippen LogP contribution is -1.94. The van der Waals surface area contributed by atoms with Crippen molar-refractivity contribution in [2.24, 2.45) is 0 Å². The van der Waals surface area contributed by atoms with E-state index in [-0.39, 0.29) is 0 Å². The van der Waals surface area contributed by atoms with Gasteiger partial charge in [0, 0.05) is 15.6 Å². The van der Waals surface area contributed by atoms with E-state index in [4.69, 9.17) is 40.2 Å². The van der Waals surface area contributed by atoms with E-state index in [9.17, 15) is 0 Å². The van der Waals surface area contributed by atoms with Crippen LogP contribution >= 0.6 is 35.4 Å². The molecule has 0 aliphatic carbocycles. The molecule has 0 aliphatic rings. The van der Waals surface area contributed by atoms with E-state index >= 15 is 0 Å². The number of aromatic nitrogens is 2. The molecule has 3 nitrogen and oxygen atoms in total. The van der Waals surface area contributed by atoms with Crippen LogP contribution in [0, 0.1) is 4.64 Å². The van der Waals surface area contributed by atoms with Gasteiger partial charge in [0.25, 0.3) is 0 Å². The molecular formula is C11H8Cl2N2OS. The van der Waals surface area contributed by atoms with Crippen LogP contribution in [-0.4, -0.2) is 17.1 Å². The van der Waals surface area contributed by atoms with Crippen LogP contribution in [0.3, 0.4) is 0 Å². The third kappa shape index (κ3) is 2.60. The van der Waals surface area contributed by atoms with Crippen molar-refractivity contribution in [3.63, 3.8) is 0 Å². The summed E-state index contributed by atoms with van der Waals surface area (Å²) < 4.78 is 5.61. The first-order chi connectivity index (χ1) is 8.11. The van der Waals surface area contributed by atoms with Gasteiger partial charge in [-0.15, -0.1) is 0 Å². The summed E-state index contributed by atoms with van der Waals surface area (Å²) in [6, 6.07) is 5.21. The number of nitrogens with one attached hydrogen (secondary N) is 1. The van der Waals surface area contributed by atoms with Crippen LogP contribution < -0.4 is 4.74 Å². The van der Waals surface area contributed by atoms with E-state index in [0.717, 1.165) is 5.56 Å². The smallest absolute Gasteiger partial charge is 0.179 e. The highest BCUT2D eigenvalue weighted by Crippen LogP contribution is 2.31. The molecule has 2 rings (SSSR count). The lowest BCUT2D eigenvalue weighted by atomic mass is 10.1. The second-order valence-electron chi connectivity index (χ2n) is 3.27. The predicted octanol–water partition coefficient (Wildman–Crippen LogP) is 4.12. The molecule has 0 bridgehead atoms. The molecule has 0 amide bonds. The van der Waals surface area contributed by atoms with Crippen molar-refractivity contribution in [3.8, 4) is 17.0 Å². The van der Waals surface area contributed by atoms with Crippen molar-refractivity contribution in [2.45, 2.75) is 0 Å². The number of halogens is 2. The van der Waals surface area contributed by atoms with Crippen molar-refractivity contribution < 1.29 is 4.74 Å². The Kier molecular flexibility index (Phi) is 3.66. The molecule has 0 aliphatic heterocycles. The molecule has 0 atom stereocenters. The summed E-state index contributed by atoms with van der Waals surface area (Å²) in [5.41, 5.74) is 1.50. The second-order valence-corrected chi connectivity index (χ2v) is 4.53. The summed E-state index contributed by atoms with van der Waals surface area (Å²) in [6.45, 7) is 0. The summed E-state index contributed by atoms with van der Waals surface area (Å²) >= 11 is 17.0. The first-order valence-electron chi connectivity index (χ1n) is 4.70. The van der Waals surface area contributed by atoms with Gasteiger partial charge in [0.1, 0.15) is 0 Å². The molecule has 88 valence electrons. The minimum absolute atomic E-state index is 0.386. The van der Waals surface area contributed by atoms with E-state index in [1.165, 1.54) is 13.4 Å². The van der Waals surface area contributed by atoms with E-state index in [2.05, 4.69) is 9.97 Å². The van der Waals surface area contributed by atoms with Crippen molar-refractivity contribution in [2.75, 3.05) is 7.11 Å². The van der Waals surface area contributed by atoms with Crippen LogP contribution in [0.25, 0.3) is 11.3 Å². The average Bonchev–Trinajstić information content (AvgIpc) is 2.27. The normalized spacial score (nSPS) is 10.3. The Hall–Kier alpha value is -1.10. The highest BCUT2D eigenvalue weighted by Gasteiger charge is 2.09. The van der Waals surface area contributed by atoms with Crippen molar-refractivity contribution >= 4 is 35.4 Å². The highest BCUT2D eigenvalue weighted by atomic mass is 35.5. The molecule has 1 aromatic heterocycles. The standard InChI is InChI=1S/C11H8Cl2N2OS/c1-16-10-9(14-5-15-11(10)17)6-2-7(12)4-8(13)3-6/h2-5H,1H3,(H,14,15,17). The van der Waals surface area contributed by atoms with Gasteiger partial charge >= 0.3 is 0 Å². The number of hydrogen-bond donors (Lipinski definition) is 1. The maximum atomic E-state index is 5.95. The van der Waals surface area contributed by atoms with E-state index in [1.54, 1.807) is 18.2 Å². The zero-order valence-electron chi connectivity index (χ0n) is 8.83. The lowest BCUT2D eigenvalue weighted by Gasteiger charge is -2.08. The molecular weight excluding hydrogens is 279 g/mol. The Bertz CT molecular complexity index is 592. The van der Waals surface area contributed by atoms with Crippen molar-refractivity contribution in [1.29, 1.82) is 0 Å². The fraction of sp³-hybridized carbons (Fsp3) is 0.0909. The number of hydrogen-bond acceptors (Lipinski definition) is 3. The monoisotopic (exact) mass is 286 g/mol. The molecule has 1 N–H and O–H groups in total. The molecule has 1 aromatic carbocycles. The van der Waals surface area contributed by atoms with E-state index < -0.39 is 0 Å². The van der Waals surface area contributed by atoms with E-state index in [0.29, 0.717) is 26.1 Å².